The molecule has 2 heterocycles. The first kappa shape index (κ1) is 33.1. The van der Waals surface area contributed by atoms with Crippen LogP contribution in [0.3, 0.4) is 0 Å². The number of hydrogen-bond acceptors (Lipinski definition) is 9. The van der Waals surface area contributed by atoms with Crippen LogP contribution in [0.5, 0.6) is 5.75 Å². The van der Waals surface area contributed by atoms with Crippen LogP contribution in [0.4, 0.5) is 5.69 Å². The lowest BCUT2D eigenvalue weighted by molar-refractivity contribution is -0.669. The summed E-state index contributed by atoms with van der Waals surface area (Å²) >= 11 is 1.66. The molecule has 0 unspecified atom stereocenters. The average Bonchev–Trinajstić information content (AvgIpc) is 3.55. The van der Waals surface area contributed by atoms with Gasteiger partial charge in [-0.15, -0.1) is 0 Å². The number of benzene rings is 4. The summed E-state index contributed by atoms with van der Waals surface area (Å²) in [6.07, 6.45) is 6.37. The molecular formula is C35H35N2O7S3-. The highest BCUT2D eigenvalue weighted by molar-refractivity contribution is 7.85. The van der Waals surface area contributed by atoms with Crippen LogP contribution >= 0.6 is 11.3 Å². The third kappa shape index (κ3) is 7.85. The number of fused-ring (bicyclic) bond motifs is 5. The fourth-order valence-corrected chi connectivity index (χ4v) is 8.37. The number of rotatable bonds is 13. The molecule has 4 aromatic carbocycles. The molecule has 0 radical (unpaired) electrons. The molecule has 0 saturated heterocycles. The SMILES string of the molecule is CCC(=Cc1sc2c3ccccc3ccc2[n+]1CCCCS(=O)(=O)[O-])C=C1Oc2cc3ccccc3cc2N1CCCCS(=O)(=O)[O-]. The van der Waals surface area contributed by atoms with Crippen molar-refractivity contribution in [2.45, 2.75) is 45.6 Å². The van der Waals surface area contributed by atoms with E-state index in [-0.39, 0.29) is 18.6 Å². The van der Waals surface area contributed by atoms with Crippen LogP contribution in [0.15, 0.2) is 90.3 Å². The minimum atomic E-state index is -4.30. The van der Waals surface area contributed by atoms with E-state index in [0.717, 1.165) is 48.0 Å². The van der Waals surface area contributed by atoms with Gasteiger partial charge in [0, 0.05) is 48.1 Å². The molecular weight excluding hydrogens is 657 g/mol. The lowest BCUT2D eigenvalue weighted by Gasteiger charge is -2.19. The maximum atomic E-state index is 11.2. The topological polar surface area (TPSA) is 131 Å². The van der Waals surface area contributed by atoms with Crippen molar-refractivity contribution >= 4 is 75.1 Å². The van der Waals surface area contributed by atoms with Gasteiger partial charge in [-0.05, 0) is 65.6 Å². The summed E-state index contributed by atoms with van der Waals surface area (Å²) in [5, 5.41) is 5.35. The van der Waals surface area contributed by atoms with Crippen LogP contribution in [0.25, 0.3) is 37.8 Å². The Morgan fingerprint density at radius 1 is 0.851 bits per heavy atom. The summed E-state index contributed by atoms with van der Waals surface area (Å²) in [7, 11) is -8.58. The van der Waals surface area contributed by atoms with Gasteiger partial charge in [-0.2, -0.15) is 4.57 Å². The van der Waals surface area contributed by atoms with Crippen LogP contribution in [-0.4, -0.2) is 44.0 Å². The lowest BCUT2D eigenvalue weighted by atomic mass is 10.1. The molecule has 246 valence electrons. The first-order valence-corrected chi connectivity index (χ1v) is 19.6. The van der Waals surface area contributed by atoms with Gasteiger partial charge in [0.2, 0.25) is 11.4 Å². The number of nitrogens with zero attached hydrogens (tertiary/aromatic N) is 2. The van der Waals surface area contributed by atoms with E-state index in [9.17, 15) is 25.9 Å². The summed E-state index contributed by atoms with van der Waals surface area (Å²) in [6, 6.07) is 24.5. The summed E-state index contributed by atoms with van der Waals surface area (Å²) < 4.78 is 77.2. The van der Waals surface area contributed by atoms with Gasteiger partial charge in [-0.25, -0.2) is 16.8 Å². The molecule has 5 aromatic rings. The average molecular weight is 692 g/mol. The second kappa shape index (κ2) is 13.7. The molecule has 0 fully saturated rings. The number of thiazole rings is 1. The number of aromatic nitrogens is 1. The minimum absolute atomic E-state index is 0.248. The Morgan fingerprint density at radius 2 is 1.51 bits per heavy atom. The molecule has 0 spiro atoms. The number of aryl methyl sites for hydroxylation is 1. The van der Waals surface area contributed by atoms with E-state index >= 15 is 0 Å². The van der Waals surface area contributed by atoms with Crippen LogP contribution < -0.4 is 14.2 Å². The fraction of sp³-hybridized carbons (Fsp3) is 0.286. The second-order valence-corrected chi connectivity index (χ2v) is 15.7. The molecule has 1 aliphatic rings. The molecule has 0 bridgehead atoms. The predicted molar refractivity (Wildman–Crippen MR) is 185 cm³/mol. The Kier molecular flexibility index (Phi) is 9.67. The first-order valence-electron chi connectivity index (χ1n) is 15.6. The monoisotopic (exact) mass is 691 g/mol. The fourth-order valence-electron chi connectivity index (χ4n) is 5.95. The number of ether oxygens (including phenoxy) is 1. The van der Waals surface area contributed by atoms with Crippen molar-refractivity contribution in [3.05, 3.63) is 95.3 Å². The molecule has 0 aliphatic carbocycles. The van der Waals surface area contributed by atoms with Gasteiger partial charge in [-0.1, -0.05) is 66.8 Å². The largest absolute Gasteiger partial charge is 0.748 e. The van der Waals surface area contributed by atoms with Crippen molar-refractivity contribution in [2.24, 2.45) is 0 Å². The number of allylic oxidation sites excluding steroid dienone is 2. The molecule has 12 heteroatoms. The summed E-state index contributed by atoms with van der Waals surface area (Å²) in [5.74, 6) is 0.525. The van der Waals surface area contributed by atoms with Gasteiger partial charge in [0.25, 0.3) is 5.01 Å². The zero-order chi connectivity index (χ0) is 33.2. The number of hydrogen-bond donors (Lipinski definition) is 0. The Morgan fingerprint density at radius 3 is 2.21 bits per heavy atom. The van der Waals surface area contributed by atoms with Crippen LogP contribution in [0.1, 0.15) is 44.0 Å². The zero-order valence-corrected chi connectivity index (χ0v) is 28.4. The van der Waals surface area contributed by atoms with Gasteiger partial charge >= 0.3 is 0 Å². The summed E-state index contributed by atoms with van der Waals surface area (Å²) in [6.45, 7) is 3.09. The molecule has 47 heavy (non-hydrogen) atoms. The molecule has 0 N–H and O–H groups in total. The molecule has 0 amide bonds. The van der Waals surface area contributed by atoms with Crippen LogP contribution in [0, 0.1) is 0 Å². The van der Waals surface area contributed by atoms with Crippen molar-refractivity contribution in [1.82, 2.24) is 0 Å². The van der Waals surface area contributed by atoms with Gasteiger partial charge in [0.1, 0.15) is 4.70 Å². The molecule has 0 atom stereocenters. The standard InChI is InChI=1S/C35H36N2O7S3/c1-2-25(21-33-36(17-7-9-19-46(38,39)40)31-23-27-12-3-4-13-28(27)24-32(31)44-33)22-34-37(18-8-10-20-47(41,42)43)30-16-15-26-11-5-6-14-29(26)35(30)45-34/h3-6,11-16,21-24H,2,7-10,17-20H2,1H3,(H-,38,39,40,41,42,43)/p-1. The van der Waals surface area contributed by atoms with E-state index < -0.39 is 26.0 Å². The van der Waals surface area contributed by atoms with Gasteiger partial charge < -0.3 is 18.7 Å². The lowest BCUT2D eigenvalue weighted by Crippen LogP contribution is -2.35. The maximum Gasteiger partial charge on any atom is 0.263 e. The van der Waals surface area contributed by atoms with Crippen molar-refractivity contribution in [3.63, 3.8) is 0 Å². The van der Waals surface area contributed by atoms with Crippen LogP contribution in [0.2, 0.25) is 0 Å². The smallest absolute Gasteiger partial charge is 0.263 e. The van der Waals surface area contributed by atoms with Crippen LogP contribution in [-0.2, 0) is 26.8 Å². The Bertz CT molecular complexity index is 2240. The van der Waals surface area contributed by atoms with E-state index in [4.69, 9.17) is 4.74 Å². The molecule has 0 saturated carbocycles. The highest BCUT2D eigenvalue weighted by Crippen LogP contribution is 2.42. The Labute approximate surface area is 278 Å². The third-order valence-electron chi connectivity index (χ3n) is 8.30. The Balaban J connectivity index is 1.38. The van der Waals surface area contributed by atoms with E-state index in [0.29, 0.717) is 44.0 Å². The minimum Gasteiger partial charge on any atom is -0.748 e. The van der Waals surface area contributed by atoms with E-state index in [1.54, 1.807) is 11.3 Å². The van der Waals surface area contributed by atoms with Crippen molar-refractivity contribution in [3.8, 4) is 5.75 Å². The quantitative estimate of drug-likeness (QED) is 0.0760. The maximum absolute atomic E-state index is 11.2. The van der Waals surface area contributed by atoms with Gasteiger partial charge in [-0.3, -0.25) is 0 Å². The first-order chi connectivity index (χ1) is 22.5. The van der Waals surface area contributed by atoms with Gasteiger partial charge in [0.05, 0.1) is 25.9 Å². The van der Waals surface area contributed by atoms with E-state index in [1.807, 2.05) is 53.4 Å². The zero-order valence-electron chi connectivity index (χ0n) is 25.9. The predicted octanol–water partition coefficient (Wildman–Crippen LogP) is 6.68. The normalized spacial score (nSPS) is 14.8. The molecule has 1 aromatic heterocycles. The Hall–Kier alpha value is -3.81. The van der Waals surface area contributed by atoms with Crippen molar-refractivity contribution in [1.29, 1.82) is 0 Å². The van der Waals surface area contributed by atoms with Crippen molar-refractivity contribution in [2.75, 3.05) is 23.0 Å². The van der Waals surface area contributed by atoms with E-state index in [2.05, 4.69) is 47.9 Å². The summed E-state index contributed by atoms with van der Waals surface area (Å²) in [5.41, 5.74) is 2.92. The molecule has 6 rings (SSSR count). The highest BCUT2D eigenvalue weighted by atomic mass is 32.2. The third-order valence-corrected chi connectivity index (χ3v) is 11.1. The summed E-state index contributed by atoms with van der Waals surface area (Å²) in [4.78, 5) is 2.04. The number of unbranched alkanes of at least 4 members (excludes halogenated alkanes) is 2. The highest BCUT2D eigenvalue weighted by Gasteiger charge is 2.27. The molecule has 1 aliphatic heterocycles. The number of anilines is 1. The van der Waals surface area contributed by atoms with Crippen molar-refractivity contribution < 1.29 is 35.2 Å². The van der Waals surface area contributed by atoms with Gasteiger partial charge in [0.15, 0.2) is 12.3 Å². The van der Waals surface area contributed by atoms with E-state index in [1.165, 1.54) is 0 Å². The molecule has 9 nitrogen and oxygen atoms in total. The second-order valence-electron chi connectivity index (χ2n) is 11.6.